The van der Waals surface area contributed by atoms with Crippen LogP contribution in [0.1, 0.15) is 30.7 Å². The molecule has 0 saturated carbocycles. The van der Waals surface area contributed by atoms with Gasteiger partial charge in [0, 0.05) is 27.3 Å². The summed E-state index contributed by atoms with van der Waals surface area (Å²) in [6.07, 6.45) is 13.3. The largest absolute Gasteiger partial charge is 0.268 e. The Morgan fingerprint density at radius 2 is 1.50 bits per heavy atom. The van der Waals surface area contributed by atoms with E-state index in [0.29, 0.717) is 17.2 Å². The first-order valence-corrected chi connectivity index (χ1v) is 13.9. The summed E-state index contributed by atoms with van der Waals surface area (Å²) >= 11 is 0. The van der Waals surface area contributed by atoms with Gasteiger partial charge < -0.3 is 0 Å². The minimum Gasteiger partial charge on any atom is -0.268 e. The van der Waals surface area contributed by atoms with E-state index >= 15 is 0 Å². The Balaban J connectivity index is 1.89. The van der Waals surface area contributed by atoms with Crippen molar-refractivity contribution < 1.29 is 0 Å². The first kappa shape index (κ1) is 26.7. The van der Waals surface area contributed by atoms with Crippen LogP contribution in [0.5, 0.6) is 0 Å². The van der Waals surface area contributed by atoms with E-state index in [1.54, 1.807) is 16.7 Å². The number of para-hydroxylation sites is 3. The maximum Gasteiger partial charge on any atom is 0.264 e. The number of nitrogens with zero attached hydrogens (tertiary/aromatic N) is 4. The average Bonchev–Trinajstić information content (AvgIpc) is 3.36. The van der Waals surface area contributed by atoms with E-state index in [1.807, 2.05) is 122 Å². The summed E-state index contributed by atoms with van der Waals surface area (Å²) in [5.74, 6) is 0.469. The van der Waals surface area contributed by atoms with Crippen LogP contribution >= 0.6 is 0 Å². The molecule has 5 nitrogen and oxygen atoms in total. The quantitative estimate of drug-likeness (QED) is 0.188. The van der Waals surface area contributed by atoms with Crippen molar-refractivity contribution in [3.8, 4) is 11.6 Å². The zero-order valence-electron chi connectivity index (χ0n) is 23.7. The van der Waals surface area contributed by atoms with Crippen molar-refractivity contribution in [2.24, 2.45) is 0 Å². The summed E-state index contributed by atoms with van der Waals surface area (Å²) in [6, 6.07) is 25.8. The van der Waals surface area contributed by atoms with Crippen molar-refractivity contribution in [1.82, 2.24) is 19.1 Å². The molecule has 5 heteroatoms. The number of rotatable bonds is 7. The summed E-state index contributed by atoms with van der Waals surface area (Å²) in [5.41, 5.74) is 6.01. The van der Waals surface area contributed by atoms with Crippen LogP contribution in [0.3, 0.4) is 0 Å². The Hall–Kier alpha value is -5.55. The van der Waals surface area contributed by atoms with Gasteiger partial charge in [0.15, 0.2) is 0 Å². The van der Waals surface area contributed by atoms with E-state index < -0.39 is 0 Å². The van der Waals surface area contributed by atoms with Gasteiger partial charge in [0.2, 0.25) is 5.95 Å². The van der Waals surface area contributed by atoms with Gasteiger partial charge in [-0.15, -0.1) is 0 Å². The molecule has 0 spiro atoms. The molecule has 6 rings (SSSR count). The fourth-order valence-electron chi connectivity index (χ4n) is 5.63. The number of benzene rings is 3. The number of hydrogen-bond acceptors (Lipinski definition) is 3. The molecule has 3 aromatic carbocycles. The molecule has 3 aromatic heterocycles. The highest BCUT2D eigenvalue weighted by Crippen LogP contribution is 2.37. The molecule has 3 heterocycles. The monoisotopic (exact) mass is 546 g/mol. The molecule has 0 aliphatic rings. The van der Waals surface area contributed by atoms with Crippen LogP contribution in [0.15, 0.2) is 127 Å². The minimum absolute atomic E-state index is 0.164. The second-order valence-corrected chi connectivity index (χ2v) is 9.81. The van der Waals surface area contributed by atoms with Gasteiger partial charge >= 0.3 is 0 Å². The maximum atomic E-state index is 14.3. The topological polar surface area (TPSA) is 52.7 Å². The number of aromatic nitrogens is 4. The minimum atomic E-state index is -0.164. The summed E-state index contributed by atoms with van der Waals surface area (Å²) < 4.78 is 3.76. The van der Waals surface area contributed by atoms with E-state index in [2.05, 4.69) is 19.2 Å². The Bertz CT molecular complexity index is 2160. The Morgan fingerprint density at radius 3 is 2.21 bits per heavy atom. The molecular formula is C37H30N4O. The number of fused-ring (bicyclic) bond motifs is 4. The molecule has 0 N–H and O–H groups in total. The van der Waals surface area contributed by atoms with Crippen LogP contribution in [0.25, 0.3) is 62.2 Å². The van der Waals surface area contributed by atoms with E-state index in [0.717, 1.165) is 49.7 Å². The fourth-order valence-corrected chi connectivity index (χ4v) is 5.63. The zero-order chi connectivity index (χ0) is 29.2. The van der Waals surface area contributed by atoms with Gasteiger partial charge in [0.1, 0.15) is 5.65 Å². The van der Waals surface area contributed by atoms with Gasteiger partial charge in [0.05, 0.1) is 22.4 Å². The second kappa shape index (κ2) is 11.1. The fraction of sp³-hybridized carbons (Fsp3) is 0.0541. The van der Waals surface area contributed by atoms with Crippen molar-refractivity contribution in [3.63, 3.8) is 0 Å². The third kappa shape index (κ3) is 4.23. The van der Waals surface area contributed by atoms with Gasteiger partial charge in [-0.05, 0) is 43.7 Å². The van der Waals surface area contributed by atoms with Crippen molar-refractivity contribution in [3.05, 3.63) is 150 Å². The van der Waals surface area contributed by atoms with Crippen LogP contribution in [0.4, 0.5) is 0 Å². The lowest BCUT2D eigenvalue weighted by atomic mass is 10.0. The molecule has 0 unspecified atom stereocenters. The van der Waals surface area contributed by atoms with Gasteiger partial charge in [-0.25, -0.2) is 9.97 Å². The molecular weight excluding hydrogens is 516 g/mol. The highest BCUT2D eigenvalue weighted by molar-refractivity contribution is 6.13. The SMILES string of the molecule is C=C/C=C(\C=C/C)c1nc(-n2c3ccccc3c3c(/C=C\C)c(C=C)c(=O)n(-c4ccccc4)c32)nc2ccccc12. The predicted octanol–water partition coefficient (Wildman–Crippen LogP) is 8.70. The highest BCUT2D eigenvalue weighted by atomic mass is 16.1. The van der Waals surface area contributed by atoms with E-state index in [1.165, 1.54) is 0 Å². The Morgan fingerprint density at radius 1 is 0.786 bits per heavy atom. The van der Waals surface area contributed by atoms with Gasteiger partial charge in [0.25, 0.3) is 5.56 Å². The first-order chi connectivity index (χ1) is 20.6. The van der Waals surface area contributed by atoms with Crippen LogP contribution in [-0.4, -0.2) is 19.1 Å². The average molecular weight is 547 g/mol. The van der Waals surface area contributed by atoms with Crippen molar-refractivity contribution in [2.75, 3.05) is 0 Å². The van der Waals surface area contributed by atoms with Crippen molar-refractivity contribution in [1.29, 1.82) is 0 Å². The number of hydrogen-bond donors (Lipinski definition) is 0. The van der Waals surface area contributed by atoms with Gasteiger partial charge in [-0.3, -0.25) is 13.9 Å². The summed E-state index contributed by atoms with van der Waals surface area (Å²) in [4.78, 5) is 24.6. The van der Waals surface area contributed by atoms with Crippen LogP contribution in [0.2, 0.25) is 0 Å². The molecule has 42 heavy (non-hydrogen) atoms. The molecule has 0 aliphatic carbocycles. The van der Waals surface area contributed by atoms with Crippen LogP contribution in [-0.2, 0) is 0 Å². The molecule has 0 fully saturated rings. The normalized spacial score (nSPS) is 12.3. The lowest BCUT2D eigenvalue weighted by Crippen LogP contribution is -2.24. The molecule has 0 saturated heterocycles. The van der Waals surface area contributed by atoms with Gasteiger partial charge in [-0.2, -0.15) is 0 Å². The summed E-state index contributed by atoms with van der Waals surface area (Å²) in [7, 11) is 0. The molecule has 0 radical (unpaired) electrons. The molecule has 204 valence electrons. The molecule has 0 bridgehead atoms. The standard InChI is InChI=1S/C37H30N4O/c1-5-16-25(17-6-2)34-29-21-12-14-23-31(29)38-37(39-34)41-32-24-15-13-22-30(32)33-28(18-7-3)27(8-4)36(42)40(35(33)41)26-19-10-9-11-20-26/h5-24H,1,4H2,2-3H3/b17-6-,18-7-,25-16+. The molecule has 6 aromatic rings. The third-order valence-corrected chi connectivity index (χ3v) is 7.31. The lowest BCUT2D eigenvalue weighted by molar-refractivity contribution is 0.933. The Kier molecular flexibility index (Phi) is 7.07. The molecule has 0 aliphatic heterocycles. The molecule has 0 amide bonds. The summed E-state index contributed by atoms with van der Waals surface area (Å²) in [6.45, 7) is 11.9. The predicted molar refractivity (Wildman–Crippen MR) is 177 cm³/mol. The van der Waals surface area contributed by atoms with Gasteiger partial charge in [-0.1, -0.05) is 110 Å². The Labute approximate surface area is 244 Å². The number of allylic oxidation sites excluding steroid dienone is 6. The van der Waals surface area contributed by atoms with Crippen LogP contribution in [0, 0.1) is 0 Å². The smallest absolute Gasteiger partial charge is 0.264 e. The first-order valence-electron chi connectivity index (χ1n) is 13.9. The van der Waals surface area contributed by atoms with E-state index in [-0.39, 0.29) is 5.56 Å². The second-order valence-electron chi connectivity index (χ2n) is 9.81. The highest BCUT2D eigenvalue weighted by Gasteiger charge is 2.24. The third-order valence-electron chi connectivity index (χ3n) is 7.31. The van der Waals surface area contributed by atoms with Crippen LogP contribution < -0.4 is 5.56 Å². The summed E-state index contributed by atoms with van der Waals surface area (Å²) in [5, 5.41) is 2.84. The maximum absolute atomic E-state index is 14.3. The van der Waals surface area contributed by atoms with Crippen molar-refractivity contribution >= 4 is 50.6 Å². The van der Waals surface area contributed by atoms with E-state index in [4.69, 9.17) is 9.97 Å². The lowest BCUT2D eigenvalue weighted by Gasteiger charge is -2.16. The molecule has 0 atom stereocenters. The zero-order valence-corrected chi connectivity index (χ0v) is 23.7. The van der Waals surface area contributed by atoms with E-state index in [9.17, 15) is 4.79 Å². The number of pyridine rings is 1. The van der Waals surface area contributed by atoms with Crippen molar-refractivity contribution in [2.45, 2.75) is 13.8 Å².